The van der Waals surface area contributed by atoms with E-state index in [4.69, 9.17) is 0 Å². The summed E-state index contributed by atoms with van der Waals surface area (Å²) < 4.78 is 39.8. The van der Waals surface area contributed by atoms with E-state index in [1.165, 1.54) is 13.0 Å². The summed E-state index contributed by atoms with van der Waals surface area (Å²) >= 11 is 0. The zero-order valence-electron chi connectivity index (χ0n) is 17.7. The van der Waals surface area contributed by atoms with Gasteiger partial charge in [-0.1, -0.05) is 6.07 Å². The number of pyridine rings is 1. The average molecular weight is 430 g/mol. The van der Waals surface area contributed by atoms with E-state index in [1.54, 1.807) is 30.6 Å². The molecule has 0 aliphatic rings. The number of alkyl halides is 3. The number of benzene rings is 1. The molecule has 6 nitrogen and oxygen atoms in total. The second kappa shape index (κ2) is 9.74. The third-order valence-electron chi connectivity index (χ3n) is 4.56. The van der Waals surface area contributed by atoms with Gasteiger partial charge in [0.1, 0.15) is 5.82 Å². The molecule has 0 bridgehead atoms. The van der Waals surface area contributed by atoms with Crippen molar-refractivity contribution in [3.05, 3.63) is 59.9 Å². The predicted octanol–water partition coefficient (Wildman–Crippen LogP) is 4.97. The highest BCUT2D eigenvalue weighted by Gasteiger charge is 2.32. The van der Waals surface area contributed by atoms with Crippen LogP contribution >= 0.6 is 0 Å². The van der Waals surface area contributed by atoms with Crippen molar-refractivity contribution in [1.29, 1.82) is 0 Å². The number of rotatable bonds is 8. The van der Waals surface area contributed by atoms with Gasteiger partial charge in [0.15, 0.2) is 0 Å². The molecule has 0 aliphatic carbocycles. The van der Waals surface area contributed by atoms with Gasteiger partial charge in [0.05, 0.1) is 11.3 Å². The minimum absolute atomic E-state index is 0.167. The molecule has 0 saturated heterocycles. The standard InChI is InChI=1S/C22H25F3N6/c1-15-7-8-17(12-18(15)22(23,24)25)28-20-13-19(16-6-4-9-26-14-16)29-21(30-20)27-10-5-11-31(2)3/h4,6-9,12-14H,5,10-11H2,1-3H3,(H2,27,28,29,30). The Morgan fingerprint density at radius 2 is 1.87 bits per heavy atom. The smallest absolute Gasteiger partial charge is 0.354 e. The van der Waals surface area contributed by atoms with Crippen LogP contribution in [0.25, 0.3) is 11.3 Å². The lowest BCUT2D eigenvalue weighted by Crippen LogP contribution is -2.17. The van der Waals surface area contributed by atoms with Crippen LogP contribution in [0.15, 0.2) is 48.8 Å². The molecule has 31 heavy (non-hydrogen) atoms. The molecular weight excluding hydrogens is 405 g/mol. The van der Waals surface area contributed by atoms with E-state index in [0.29, 0.717) is 29.7 Å². The summed E-state index contributed by atoms with van der Waals surface area (Å²) in [6.07, 6.45) is -0.193. The fourth-order valence-corrected chi connectivity index (χ4v) is 3.00. The highest BCUT2D eigenvalue weighted by atomic mass is 19.4. The van der Waals surface area contributed by atoms with Crippen LogP contribution in [0.2, 0.25) is 0 Å². The Morgan fingerprint density at radius 1 is 1.06 bits per heavy atom. The van der Waals surface area contributed by atoms with Crippen molar-refractivity contribution in [2.75, 3.05) is 37.8 Å². The van der Waals surface area contributed by atoms with Gasteiger partial charge in [0.2, 0.25) is 5.95 Å². The molecule has 0 amide bonds. The van der Waals surface area contributed by atoms with E-state index in [-0.39, 0.29) is 5.56 Å². The molecule has 0 radical (unpaired) electrons. The number of hydrogen-bond donors (Lipinski definition) is 2. The Hall–Kier alpha value is -3.20. The Bertz CT molecular complexity index is 1010. The van der Waals surface area contributed by atoms with Crippen LogP contribution in [0.4, 0.5) is 30.6 Å². The maximum absolute atomic E-state index is 13.3. The molecule has 0 saturated carbocycles. The van der Waals surface area contributed by atoms with Gasteiger partial charge in [-0.05, 0) is 63.8 Å². The van der Waals surface area contributed by atoms with E-state index in [9.17, 15) is 13.2 Å². The first-order chi connectivity index (χ1) is 14.7. The Morgan fingerprint density at radius 3 is 2.55 bits per heavy atom. The van der Waals surface area contributed by atoms with Gasteiger partial charge in [-0.2, -0.15) is 18.2 Å². The summed E-state index contributed by atoms with van der Waals surface area (Å²) in [5.74, 6) is 0.784. The van der Waals surface area contributed by atoms with Crippen molar-refractivity contribution in [1.82, 2.24) is 19.9 Å². The number of nitrogens with one attached hydrogen (secondary N) is 2. The largest absolute Gasteiger partial charge is 0.416 e. The highest BCUT2D eigenvalue weighted by molar-refractivity contribution is 5.67. The summed E-state index contributed by atoms with van der Waals surface area (Å²) in [5.41, 5.74) is 1.18. The number of aromatic nitrogens is 3. The quantitative estimate of drug-likeness (QED) is 0.492. The zero-order chi connectivity index (χ0) is 22.4. The topological polar surface area (TPSA) is 66.0 Å². The van der Waals surface area contributed by atoms with E-state index < -0.39 is 11.7 Å². The van der Waals surface area contributed by atoms with Crippen molar-refractivity contribution >= 4 is 17.5 Å². The number of nitrogens with zero attached hydrogens (tertiary/aromatic N) is 4. The van der Waals surface area contributed by atoms with Gasteiger partial charge in [-0.25, -0.2) is 4.98 Å². The van der Waals surface area contributed by atoms with E-state index in [2.05, 4.69) is 30.5 Å². The number of anilines is 3. The summed E-state index contributed by atoms with van der Waals surface area (Å²) in [7, 11) is 4.00. The Labute approximate surface area is 179 Å². The SMILES string of the molecule is Cc1ccc(Nc2cc(-c3cccnc3)nc(NCCCN(C)C)n2)cc1C(F)(F)F. The van der Waals surface area contributed by atoms with Crippen molar-refractivity contribution in [3.63, 3.8) is 0 Å². The molecule has 164 valence electrons. The maximum atomic E-state index is 13.3. The minimum atomic E-state index is -4.42. The fourth-order valence-electron chi connectivity index (χ4n) is 3.00. The zero-order valence-corrected chi connectivity index (χ0v) is 17.7. The molecule has 3 aromatic rings. The number of aryl methyl sites for hydroxylation is 1. The van der Waals surface area contributed by atoms with Gasteiger partial charge in [-0.15, -0.1) is 0 Å². The molecule has 0 spiro atoms. The molecule has 0 aliphatic heterocycles. The normalized spacial score (nSPS) is 11.6. The van der Waals surface area contributed by atoms with E-state index in [0.717, 1.165) is 24.6 Å². The molecule has 9 heteroatoms. The summed E-state index contributed by atoms with van der Waals surface area (Å²) in [6.45, 7) is 3.01. The highest BCUT2D eigenvalue weighted by Crippen LogP contribution is 2.34. The summed E-state index contributed by atoms with van der Waals surface area (Å²) in [5, 5.41) is 6.17. The van der Waals surface area contributed by atoms with Gasteiger partial charge in [-0.3, -0.25) is 4.98 Å². The lowest BCUT2D eigenvalue weighted by atomic mass is 10.1. The van der Waals surface area contributed by atoms with Gasteiger partial charge in [0, 0.05) is 36.3 Å². The van der Waals surface area contributed by atoms with Crippen LogP contribution in [0.1, 0.15) is 17.5 Å². The van der Waals surface area contributed by atoms with Crippen molar-refractivity contribution < 1.29 is 13.2 Å². The molecule has 3 rings (SSSR count). The third kappa shape index (κ3) is 6.39. The summed E-state index contributed by atoms with van der Waals surface area (Å²) in [4.78, 5) is 15.2. The monoisotopic (exact) mass is 430 g/mol. The van der Waals surface area contributed by atoms with E-state index >= 15 is 0 Å². The van der Waals surface area contributed by atoms with Crippen molar-refractivity contribution in [2.24, 2.45) is 0 Å². The number of hydrogen-bond acceptors (Lipinski definition) is 6. The average Bonchev–Trinajstić information content (AvgIpc) is 2.72. The summed E-state index contributed by atoms with van der Waals surface area (Å²) in [6, 6.07) is 9.47. The lowest BCUT2D eigenvalue weighted by molar-refractivity contribution is -0.138. The Balaban J connectivity index is 1.89. The molecule has 2 N–H and O–H groups in total. The molecule has 2 aromatic heterocycles. The van der Waals surface area contributed by atoms with Gasteiger partial charge < -0.3 is 15.5 Å². The molecule has 0 fully saturated rings. The van der Waals surface area contributed by atoms with Crippen LogP contribution < -0.4 is 10.6 Å². The van der Waals surface area contributed by atoms with Crippen LogP contribution in [0, 0.1) is 6.92 Å². The van der Waals surface area contributed by atoms with Crippen LogP contribution in [0.3, 0.4) is 0 Å². The first-order valence-corrected chi connectivity index (χ1v) is 9.85. The first kappa shape index (κ1) is 22.5. The Kier molecular flexibility index (Phi) is 7.06. The van der Waals surface area contributed by atoms with Gasteiger partial charge in [0.25, 0.3) is 0 Å². The molecule has 0 atom stereocenters. The molecule has 0 unspecified atom stereocenters. The lowest BCUT2D eigenvalue weighted by Gasteiger charge is -2.15. The third-order valence-corrected chi connectivity index (χ3v) is 4.56. The first-order valence-electron chi connectivity index (χ1n) is 9.85. The van der Waals surface area contributed by atoms with Crippen LogP contribution in [-0.2, 0) is 6.18 Å². The predicted molar refractivity (Wildman–Crippen MR) is 116 cm³/mol. The van der Waals surface area contributed by atoms with E-state index in [1.807, 2.05) is 20.2 Å². The van der Waals surface area contributed by atoms with Crippen molar-refractivity contribution in [2.45, 2.75) is 19.5 Å². The van der Waals surface area contributed by atoms with Crippen molar-refractivity contribution in [3.8, 4) is 11.3 Å². The maximum Gasteiger partial charge on any atom is 0.416 e. The second-order valence-corrected chi connectivity index (χ2v) is 7.44. The van der Waals surface area contributed by atoms with Crippen LogP contribution in [-0.4, -0.2) is 47.0 Å². The number of halogens is 3. The minimum Gasteiger partial charge on any atom is -0.354 e. The van der Waals surface area contributed by atoms with Crippen LogP contribution in [0.5, 0.6) is 0 Å². The van der Waals surface area contributed by atoms with Gasteiger partial charge >= 0.3 is 6.18 Å². The molecule has 1 aromatic carbocycles. The molecular formula is C22H25F3N6. The molecule has 2 heterocycles. The second-order valence-electron chi connectivity index (χ2n) is 7.44. The fraction of sp³-hybridized carbons (Fsp3) is 0.318.